The van der Waals surface area contributed by atoms with Gasteiger partial charge in [0.1, 0.15) is 5.75 Å². The number of halogens is 3. The first kappa shape index (κ1) is 18.6. The molecule has 4 nitrogen and oxygen atoms in total. The molecule has 1 fully saturated rings. The molecule has 0 saturated carbocycles. The third-order valence-corrected chi connectivity index (χ3v) is 3.71. The number of benzene rings is 1. The molecule has 1 heterocycles. The topological polar surface area (TPSA) is 41.6 Å². The molecule has 1 N–H and O–H groups in total. The zero-order valence-corrected chi connectivity index (χ0v) is 13.2. The van der Waals surface area contributed by atoms with Gasteiger partial charge in [0.25, 0.3) is 0 Å². The van der Waals surface area contributed by atoms with Gasteiger partial charge in [-0.1, -0.05) is 18.2 Å². The lowest BCUT2D eigenvalue weighted by molar-refractivity contribution is -0.131. The van der Waals surface area contributed by atoms with Crippen molar-refractivity contribution in [2.45, 2.75) is 31.9 Å². The molecule has 7 heteroatoms. The molecule has 1 amide bonds. The Labute approximate surface area is 135 Å². The number of nitrogens with zero attached hydrogens (tertiary/aromatic N) is 1. The third-order valence-electron chi connectivity index (χ3n) is 3.71. The number of hydrogen-bond donors (Lipinski definition) is 1. The Morgan fingerprint density at radius 3 is 2.86 bits per heavy atom. The zero-order valence-electron chi connectivity index (χ0n) is 12.4. The van der Waals surface area contributed by atoms with Crippen LogP contribution in [0.4, 0.5) is 8.78 Å². The lowest BCUT2D eigenvalue weighted by Crippen LogP contribution is -2.47. The van der Waals surface area contributed by atoms with Gasteiger partial charge in [0.05, 0.1) is 6.42 Å². The van der Waals surface area contributed by atoms with Crippen LogP contribution in [0.5, 0.6) is 5.75 Å². The van der Waals surface area contributed by atoms with Crippen molar-refractivity contribution in [3.63, 3.8) is 0 Å². The number of hydrogen-bond acceptors (Lipinski definition) is 3. The summed E-state index contributed by atoms with van der Waals surface area (Å²) in [6.45, 7) is -1.51. The number of piperidine rings is 1. The summed E-state index contributed by atoms with van der Waals surface area (Å²) in [5, 5.41) is 3.17. The molecule has 124 valence electrons. The van der Waals surface area contributed by atoms with Crippen molar-refractivity contribution in [2.75, 3.05) is 20.1 Å². The number of amides is 1. The lowest BCUT2D eigenvalue weighted by atomic mass is 10.0. The highest BCUT2D eigenvalue weighted by Crippen LogP contribution is 2.22. The van der Waals surface area contributed by atoms with Gasteiger partial charge in [-0.05, 0) is 26.0 Å². The fourth-order valence-electron chi connectivity index (χ4n) is 2.57. The molecule has 1 unspecified atom stereocenters. The second-order valence-electron chi connectivity index (χ2n) is 5.13. The van der Waals surface area contributed by atoms with Gasteiger partial charge in [0.2, 0.25) is 5.91 Å². The van der Waals surface area contributed by atoms with E-state index in [1.54, 1.807) is 23.1 Å². The first-order chi connectivity index (χ1) is 10.1. The number of carbonyl (C=O) groups excluding carboxylic acids is 1. The fraction of sp³-hybridized carbons (Fsp3) is 0.533. The molecule has 1 aliphatic heterocycles. The number of carbonyl (C=O) groups is 1. The van der Waals surface area contributed by atoms with Crippen molar-refractivity contribution < 1.29 is 18.3 Å². The number of nitrogens with one attached hydrogen (secondary N) is 1. The van der Waals surface area contributed by atoms with Crippen LogP contribution in [0.15, 0.2) is 24.3 Å². The van der Waals surface area contributed by atoms with Crippen LogP contribution in [-0.4, -0.2) is 43.6 Å². The first-order valence-electron chi connectivity index (χ1n) is 7.08. The van der Waals surface area contributed by atoms with E-state index in [1.165, 1.54) is 6.07 Å². The number of alkyl halides is 2. The SMILES string of the molecule is CNC1CCCN(C(=O)Cc2ccccc2OC(F)F)C1.Cl. The molecule has 0 spiro atoms. The smallest absolute Gasteiger partial charge is 0.387 e. The highest BCUT2D eigenvalue weighted by molar-refractivity contribution is 5.85. The monoisotopic (exact) mass is 334 g/mol. The summed E-state index contributed by atoms with van der Waals surface area (Å²) in [7, 11) is 1.88. The van der Waals surface area contributed by atoms with Crippen LogP contribution < -0.4 is 10.1 Å². The minimum atomic E-state index is -2.88. The molecule has 1 aliphatic rings. The molecule has 0 aromatic heterocycles. The van der Waals surface area contributed by atoms with E-state index in [4.69, 9.17) is 0 Å². The molecule has 0 aliphatic carbocycles. The van der Waals surface area contributed by atoms with E-state index >= 15 is 0 Å². The van der Waals surface area contributed by atoms with Crippen molar-refractivity contribution in [1.82, 2.24) is 10.2 Å². The predicted molar refractivity (Wildman–Crippen MR) is 82.7 cm³/mol. The van der Waals surface area contributed by atoms with Crippen LogP contribution in [0.2, 0.25) is 0 Å². The van der Waals surface area contributed by atoms with E-state index < -0.39 is 6.61 Å². The van der Waals surface area contributed by atoms with E-state index in [0.717, 1.165) is 19.4 Å². The van der Waals surface area contributed by atoms with Gasteiger partial charge in [0, 0.05) is 24.7 Å². The zero-order chi connectivity index (χ0) is 15.2. The summed E-state index contributed by atoms with van der Waals surface area (Å²) >= 11 is 0. The molecule has 22 heavy (non-hydrogen) atoms. The summed E-state index contributed by atoms with van der Waals surface area (Å²) in [6, 6.07) is 6.74. The molecule has 0 radical (unpaired) electrons. The van der Waals surface area contributed by atoms with E-state index in [2.05, 4.69) is 10.1 Å². The van der Waals surface area contributed by atoms with Crippen LogP contribution in [0, 0.1) is 0 Å². The molecule has 1 saturated heterocycles. The Morgan fingerprint density at radius 1 is 1.45 bits per heavy atom. The van der Waals surface area contributed by atoms with Crippen molar-refractivity contribution in [3.8, 4) is 5.75 Å². The number of rotatable bonds is 5. The van der Waals surface area contributed by atoms with E-state index in [9.17, 15) is 13.6 Å². The summed E-state index contributed by atoms with van der Waals surface area (Å²) in [6.07, 6.45) is 2.08. The fourth-order valence-corrected chi connectivity index (χ4v) is 2.57. The average molecular weight is 335 g/mol. The van der Waals surface area contributed by atoms with Crippen molar-refractivity contribution in [3.05, 3.63) is 29.8 Å². The normalized spacial score (nSPS) is 18.0. The second-order valence-corrected chi connectivity index (χ2v) is 5.13. The van der Waals surface area contributed by atoms with Crippen molar-refractivity contribution in [2.24, 2.45) is 0 Å². The maximum atomic E-state index is 12.4. The summed E-state index contributed by atoms with van der Waals surface area (Å²) < 4.78 is 29.2. The standard InChI is InChI=1S/C15H20F2N2O2.ClH/c1-18-12-6-4-8-19(10-12)14(20)9-11-5-2-3-7-13(11)21-15(16)17;/h2-3,5,7,12,15,18H,4,6,8-10H2,1H3;1H. The van der Waals surface area contributed by atoms with Crippen LogP contribution in [0.25, 0.3) is 0 Å². The highest BCUT2D eigenvalue weighted by Gasteiger charge is 2.23. The summed E-state index contributed by atoms with van der Waals surface area (Å²) in [4.78, 5) is 14.1. The van der Waals surface area contributed by atoms with Gasteiger partial charge >= 0.3 is 6.61 Å². The van der Waals surface area contributed by atoms with E-state index in [0.29, 0.717) is 18.2 Å². The molecule has 1 atom stereocenters. The van der Waals surface area contributed by atoms with Crippen LogP contribution in [0.3, 0.4) is 0 Å². The van der Waals surface area contributed by atoms with E-state index in [-0.39, 0.29) is 30.5 Å². The van der Waals surface area contributed by atoms with Crippen LogP contribution in [0.1, 0.15) is 18.4 Å². The molecular weight excluding hydrogens is 314 g/mol. The Morgan fingerprint density at radius 2 is 2.18 bits per heavy atom. The van der Waals surface area contributed by atoms with Gasteiger partial charge in [-0.3, -0.25) is 4.79 Å². The van der Waals surface area contributed by atoms with Crippen LogP contribution in [-0.2, 0) is 11.2 Å². The van der Waals surface area contributed by atoms with Gasteiger partial charge in [-0.25, -0.2) is 0 Å². The van der Waals surface area contributed by atoms with Gasteiger partial charge in [-0.2, -0.15) is 8.78 Å². The maximum absolute atomic E-state index is 12.4. The Kier molecular flexibility index (Phi) is 7.55. The largest absolute Gasteiger partial charge is 0.435 e. The lowest BCUT2D eigenvalue weighted by Gasteiger charge is -2.32. The van der Waals surface area contributed by atoms with Crippen LogP contribution >= 0.6 is 12.4 Å². The molecule has 2 rings (SSSR count). The summed E-state index contributed by atoms with van der Waals surface area (Å²) in [5.41, 5.74) is 0.495. The first-order valence-corrected chi connectivity index (χ1v) is 7.08. The van der Waals surface area contributed by atoms with Gasteiger partial charge in [0.15, 0.2) is 0 Å². The number of likely N-dealkylation sites (tertiary alicyclic amines) is 1. The molecule has 0 bridgehead atoms. The number of para-hydroxylation sites is 1. The minimum absolute atomic E-state index is 0. The maximum Gasteiger partial charge on any atom is 0.387 e. The quantitative estimate of drug-likeness (QED) is 0.899. The Hall–Kier alpha value is -1.40. The highest BCUT2D eigenvalue weighted by atomic mass is 35.5. The van der Waals surface area contributed by atoms with Crippen molar-refractivity contribution >= 4 is 18.3 Å². The van der Waals surface area contributed by atoms with E-state index in [1.807, 2.05) is 7.05 Å². The Bertz CT molecular complexity index is 488. The summed E-state index contributed by atoms with van der Waals surface area (Å²) in [5.74, 6) is 0.0169. The number of likely N-dealkylation sites (N-methyl/N-ethyl adjacent to an activating group) is 1. The Balaban J connectivity index is 0.00000242. The third kappa shape index (κ3) is 5.10. The predicted octanol–water partition coefficient (Wildman–Crippen LogP) is 2.46. The molecular formula is C15H21ClF2N2O2. The molecule has 1 aromatic rings. The second kappa shape index (κ2) is 8.90. The average Bonchev–Trinajstić information content (AvgIpc) is 2.48. The van der Waals surface area contributed by atoms with Crippen molar-refractivity contribution in [1.29, 1.82) is 0 Å². The number of ether oxygens (including phenoxy) is 1. The minimum Gasteiger partial charge on any atom is -0.435 e. The van der Waals surface area contributed by atoms with Gasteiger partial charge in [-0.15, -0.1) is 12.4 Å². The van der Waals surface area contributed by atoms with Gasteiger partial charge < -0.3 is 15.0 Å². The molecule has 1 aromatic carbocycles.